The highest BCUT2D eigenvalue weighted by Crippen LogP contribution is 2.32. The molecule has 7 nitrogen and oxygen atoms in total. The largest absolute Gasteiger partial charge is 0.452 e. The van der Waals surface area contributed by atoms with Crippen LogP contribution in [0.5, 0.6) is 5.75 Å². The lowest BCUT2D eigenvalue weighted by Crippen LogP contribution is -2.32. The quantitative estimate of drug-likeness (QED) is 0.308. The van der Waals surface area contributed by atoms with Gasteiger partial charge < -0.3 is 9.15 Å². The molecule has 1 aliphatic rings. The number of carbonyl (C=O) groups is 3. The normalized spacial score (nSPS) is 12.8. The molecule has 0 radical (unpaired) electrons. The molecule has 2 amide bonds. The molecule has 1 aliphatic heterocycles. The van der Waals surface area contributed by atoms with Crippen molar-refractivity contribution in [2.45, 2.75) is 6.42 Å². The summed E-state index contributed by atoms with van der Waals surface area (Å²) >= 11 is 6.04. The zero-order valence-electron chi connectivity index (χ0n) is 17.6. The monoisotopic (exact) mass is 473 g/mol. The van der Waals surface area contributed by atoms with Gasteiger partial charge in [0.15, 0.2) is 5.76 Å². The minimum absolute atomic E-state index is 0.0921. The molecular weight excluding hydrogens is 458 g/mol. The fraction of sp³-hybridized carbons (Fsp3) is 0.0769. The standard InChI is InChI=1S/C26H16ClNO6/c27-16-10-11-20-19(14-16)22(30)24(23(33-20)15-6-2-1-3-7-15)34-21(29)12-13-28-25(31)17-8-4-5-9-18(17)26(28)32/h1-11,14H,12-13H2. The number of rotatable bonds is 5. The Morgan fingerprint density at radius 1 is 0.882 bits per heavy atom. The van der Waals surface area contributed by atoms with Gasteiger partial charge in [-0.1, -0.05) is 54.1 Å². The smallest absolute Gasteiger partial charge is 0.313 e. The maximum absolute atomic E-state index is 13.2. The second-order valence-electron chi connectivity index (χ2n) is 7.63. The lowest BCUT2D eigenvalue weighted by atomic mass is 10.1. The highest BCUT2D eigenvalue weighted by Gasteiger charge is 2.35. The van der Waals surface area contributed by atoms with Crippen molar-refractivity contribution in [1.82, 2.24) is 4.90 Å². The highest BCUT2D eigenvalue weighted by molar-refractivity contribution is 6.31. The Bertz CT molecular complexity index is 1490. The number of amides is 2. The van der Waals surface area contributed by atoms with Crippen LogP contribution in [0.1, 0.15) is 27.1 Å². The molecule has 0 fully saturated rings. The minimum atomic E-state index is -0.789. The van der Waals surface area contributed by atoms with E-state index in [0.29, 0.717) is 27.3 Å². The third kappa shape index (κ3) is 3.76. The van der Waals surface area contributed by atoms with E-state index in [9.17, 15) is 19.2 Å². The maximum atomic E-state index is 13.2. The fourth-order valence-corrected chi connectivity index (χ4v) is 4.00. The second-order valence-corrected chi connectivity index (χ2v) is 8.06. The van der Waals surface area contributed by atoms with E-state index in [4.69, 9.17) is 20.8 Å². The first-order valence-electron chi connectivity index (χ1n) is 10.4. The van der Waals surface area contributed by atoms with E-state index in [1.165, 1.54) is 6.07 Å². The molecule has 5 rings (SSSR count). The van der Waals surface area contributed by atoms with E-state index in [-0.39, 0.29) is 29.9 Å². The number of imide groups is 1. The lowest BCUT2D eigenvalue weighted by Gasteiger charge is -2.14. The average Bonchev–Trinajstić information content (AvgIpc) is 3.10. The average molecular weight is 474 g/mol. The fourth-order valence-electron chi connectivity index (χ4n) is 3.83. The molecule has 0 saturated carbocycles. The van der Waals surface area contributed by atoms with Crippen LogP contribution >= 0.6 is 11.6 Å². The Labute approximate surface area is 198 Å². The molecule has 0 bridgehead atoms. The van der Waals surface area contributed by atoms with Crippen molar-refractivity contribution in [2.24, 2.45) is 0 Å². The van der Waals surface area contributed by atoms with Gasteiger partial charge in [-0.2, -0.15) is 0 Å². The van der Waals surface area contributed by atoms with Crippen molar-refractivity contribution in [3.8, 4) is 17.1 Å². The van der Waals surface area contributed by atoms with Gasteiger partial charge in [-0.05, 0) is 30.3 Å². The van der Waals surface area contributed by atoms with E-state index in [2.05, 4.69) is 0 Å². The summed E-state index contributed by atoms with van der Waals surface area (Å²) in [5.74, 6) is -1.93. The van der Waals surface area contributed by atoms with Crippen molar-refractivity contribution < 1.29 is 23.5 Å². The third-order valence-electron chi connectivity index (χ3n) is 5.48. The van der Waals surface area contributed by atoms with Crippen LogP contribution in [0.15, 0.2) is 82.0 Å². The lowest BCUT2D eigenvalue weighted by molar-refractivity contribution is -0.134. The Hall–Kier alpha value is -4.23. The van der Waals surface area contributed by atoms with E-state index in [0.717, 1.165) is 4.90 Å². The van der Waals surface area contributed by atoms with Crippen LogP contribution in [0.2, 0.25) is 5.02 Å². The number of hydrogen-bond donors (Lipinski definition) is 0. The molecule has 34 heavy (non-hydrogen) atoms. The molecule has 2 heterocycles. The molecule has 0 spiro atoms. The Morgan fingerprint density at radius 3 is 2.21 bits per heavy atom. The van der Waals surface area contributed by atoms with Crippen molar-refractivity contribution in [2.75, 3.05) is 6.54 Å². The van der Waals surface area contributed by atoms with Crippen molar-refractivity contribution in [1.29, 1.82) is 0 Å². The summed E-state index contributed by atoms with van der Waals surface area (Å²) in [7, 11) is 0. The second kappa shape index (κ2) is 8.61. The Balaban J connectivity index is 1.44. The highest BCUT2D eigenvalue weighted by atomic mass is 35.5. The van der Waals surface area contributed by atoms with Crippen LogP contribution in [-0.2, 0) is 4.79 Å². The van der Waals surface area contributed by atoms with Crippen LogP contribution in [0.25, 0.3) is 22.3 Å². The van der Waals surface area contributed by atoms with Gasteiger partial charge in [-0.25, -0.2) is 0 Å². The summed E-state index contributed by atoms with van der Waals surface area (Å²) in [6.45, 7) is -0.184. The van der Waals surface area contributed by atoms with Crippen molar-refractivity contribution >= 4 is 40.4 Å². The van der Waals surface area contributed by atoms with Crippen LogP contribution in [0.4, 0.5) is 0 Å². The van der Waals surface area contributed by atoms with Gasteiger partial charge in [-0.3, -0.25) is 24.1 Å². The van der Waals surface area contributed by atoms with Crippen molar-refractivity contribution in [3.63, 3.8) is 0 Å². The van der Waals surface area contributed by atoms with Crippen LogP contribution in [0.3, 0.4) is 0 Å². The number of esters is 1. The Morgan fingerprint density at radius 2 is 1.53 bits per heavy atom. The number of nitrogens with zero attached hydrogens (tertiary/aromatic N) is 1. The number of ether oxygens (including phenoxy) is 1. The van der Waals surface area contributed by atoms with Crippen LogP contribution < -0.4 is 10.2 Å². The Kier molecular flexibility index (Phi) is 5.47. The molecule has 4 aromatic rings. The van der Waals surface area contributed by atoms with Gasteiger partial charge >= 0.3 is 5.97 Å². The van der Waals surface area contributed by atoms with Gasteiger partial charge in [0.1, 0.15) is 5.58 Å². The predicted octanol–water partition coefficient (Wildman–Crippen LogP) is 4.71. The molecule has 0 N–H and O–H groups in total. The SMILES string of the molecule is O=C(CCN1C(=O)c2ccccc2C1=O)Oc1c(-c2ccccc2)oc2ccc(Cl)cc2c1=O. The molecule has 8 heteroatoms. The molecular formula is C26H16ClNO6. The number of hydrogen-bond acceptors (Lipinski definition) is 6. The summed E-state index contributed by atoms with van der Waals surface area (Å²) in [6.07, 6.45) is -0.299. The summed E-state index contributed by atoms with van der Waals surface area (Å²) in [5.41, 5.74) is 0.855. The molecule has 168 valence electrons. The zero-order chi connectivity index (χ0) is 23.8. The number of benzene rings is 3. The van der Waals surface area contributed by atoms with Gasteiger partial charge in [0.25, 0.3) is 11.8 Å². The molecule has 0 unspecified atom stereocenters. The summed E-state index contributed by atoms with van der Waals surface area (Å²) in [5, 5.41) is 0.491. The van der Waals surface area contributed by atoms with Crippen LogP contribution in [-0.4, -0.2) is 29.2 Å². The topological polar surface area (TPSA) is 93.9 Å². The predicted molar refractivity (Wildman–Crippen MR) is 125 cm³/mol. The summed E-state index contributed by atoms with van der Waals surface area (Å²) in [6, 6.07) is 19.8. The summed E-state index contributed by atoms with van der Waals surface area (Å²) < 4.78 is 11.4. The third-order valence-corrected chi connectivity index (χ3v) is 5.72. The van der Waals surface area contributed by atoms with Crippen LogP contribution in [0, 0.1) is 0 Å². The molecule has 3 aromatic carbocycles. The molecule has 0 atom stereocenters. The first-order chi connectivity index (χ1) is 16.4. The van der Waals surface area contributed by atoms with E-state index >= 15 is 0 Å². The van der Waals surface area contributed by atoms with E-state index in [1.54, 1.807) is 66.7 Å². The number of halogens is 1. The first-order valence-corrected chi connectivity index (χ1v) is 10.8. The zero-order valence-corrected chi connectivity index (χ0v) is 18.4. The van der Waals surface area contributed by atoms with Crippen molar-refractivity contribution in [3.05, 3.63) is 99.2 Å². The number of carbonyl (C=O) groups excluding carboxylic acids is 3. The van der Waals surface area contributed by atoms with Gasteiger partial charge in [0, 0.05) is 17.1 Å². The van der Waals surface area contributed by atoms with Gasteiger partial charge in [-0.15, -0.1) is 0 Å². The summed E-state index contributed by atoms with van der Waals surface area (Å²) in [4.78, 5) is 52.0. The molecule has 1 aromatic heterocycles. The van der Waals surface area contributed by atoms with Gasteiger partial charge in [0.2, 0.25) is 11.2 Å². The molecule has 0 saturated heterocycles. The number of fused-ring (bicyclic) bond motifs is 2. The van der Waals surface area contributed by atoms with E-state index in [1.807, 2.05) is 0 Å². The minimum Gasteiger partial charge on any atom is -0.452 e. The molecule has 0 aliphatic carbocycles. The van der Waals surface area contributed by atoms with Gasteiger partial charge in [0.05, 0.1) is 22.9 Å². The van der Waals surface area contributed by atoms with E-state index < -0.39 is 23.2 Å². The first kappa shape index (κ1) is 21.6. The maximum Gasteiger partial charge on any atom is 0.313 e.